The lowest BCUT2D eigenvalue weighted by Crippen LogP contribution is -2.62. The van der Waals surface area contributed by atoms with Crippen molar-refractivity contribution in [3.8, 4) is 11.5 Å². The molecule has 0 saturated heterocycles. The Hall–Kier alpha value is -8.52. The molecule has 2 aromatic carbocycles. The van der Waals surface area contributed by atoms with Crippen molar-refractivity contribution in [2.45, 2.75) is 186 Å². The molecule has 0 heterocycles. The molecule has 2 rings (SSSR count). The van der Waals surface area contributed by atoms with Crippen molar-refractivity contribution in [1.82, 2.24) is 53.2 Å². The predicted molar refractivity (Wildman–Crippen MR) is 332 cm³/mol. The van der Waals surface area contributed by atoms with E-state index in [0.717, 1.165) is 6.92 Å². The highest BCUT2D eigenvalue weighted by Gasteiger charge is 2.38. The molecule has 0 aliphatic rings. The Labute approximate surface area is 529 Å². The number of phenols is 2. The van der Waals surface area contributed by atoms with Crippen LogP contribution in [0.3, 0.4) is 0 Å². The highest BCUT2D eigenvalue weighted by molar-refractivity contribution is 5.99. The molecule has 0 spiro atoms. The van der Waals surface area contributed by atoms with Gasteiger partial charge in [0.05, 0.1) is 31.7 Å². The number of carboxylic acid groups (broad SMARTS) is 1. The molecule has 0 aliphatic carbocycles. The van der Waals surface area contributed by atoms with Crippen molar-refractivity contribution in [3.63, 3.8) is 0 Å². The van der Waals surface area contributed by atoms with Gasteiger partial charge in [0.2, 0.25) is 65.0 Å². The third-order valence-electron chi connectivity index (χ3n) is 15.1. The van der Waals surface area contributed by atoms with E-state index in [9.17, 15) is 83.1 Å². The fraction of sp³-hybridized carbons (Fsp3) is 0.600. The number of hydrogen-bond acceptors (Lipinski definition) is 19. The van der Waals surface area contributed by atoms with Gasteiger partial charge in [0, 0.05) is 12.8 Å². The molecular weight excluding hydrogens is 1190 g/mol. The van der Waals surface area contributed by atoms with Gasteiger partial charge in [-0.05, 0) is 112 Å². The average Bonchev–Trinajstić information content (AvgIpc) is 1.06. The molecule has 23 N–H and O–H groups in total. The number of nitrogens with one attached hydrogen (secondary N) is 10. The van der Waals surface area contributed by atoms with E-state index < -0.39 is 169 Å². The molecular formula is C60H96N14O17. The maximum atomic E-state index is 14.4. The smallest absolute Gasteiger partial charge is 0.305 e. The number of aromatic hydroxyl groups is 2. The summed E-state index contributed by atoms with van der Waals surface area (Å²) in [5, 5.41) is 75.3. The summed E-state index contributed by atoms with van der Waals surface area (Å²) in [6.45, 7) is 9.84. The first-order valence-electron chi connectivity index (χ1n) is 30.4. The summed E-state index contributed by atoms with van der Waals surface area (Å²) in [5.41, 5.74) is 23.7. The molecule has 0 fully saturated rings. The number of hydrogen-bond donors (Lipinski definition) is 19. The molecule has 2 aromatic rings. The van der Waals surface area contributed by atoms with Crippen molar-refractivity contribution < 1.29 is 83.1 Å². The van der Waals surface area contributed by atoms with Gasteiger partial charge in [-0.3, -0.25) is 57.5 Å². The summed E-state index contributed by atoms with van der Waals surface area (Å²) < 4.78 is 0. The second-order valence-electron chi connectivity index (χ2n) is 22.9. The number of aliphatic hydroxyl groups excluding tert-OH is 2. The first-order valence-corrected chi connectivity index (χ1v) is 30.4. The molecule has 0 bridgehead atoms. The number of rotatable bonds is 42. The lowest BCUT2D eigenvalue weighted by molar-refractivity contribution is -0.142. The fourth-order valence-electron chi connectivity index (χ4n) is 9.05. The van der Waals surface area contributed by atoms with Gasteiger partial charge in [0.25, 0.3) is 0 Å². The van der Waals surface area contributed by atoms with Gasteiger partial charge in [-0.15, -0.1) is 0 Å². The fourth-order valence-corrected chi connectivity index (χ4v) is 9.05. The van der Waals surface area contributed by atoms with Gasteiger partial charge in [-0.25, -0.2) is 0 Å². The number of carbonyl (C=O) groups excluding carboxylic acids is 11. The topological polar surface area (TPSA) is 530 Å². The molecule has 0 aromatic heterocycles. The van der Waals surface area contributed by atoms with Crippen molar-refractivity contribution in [3.05, 3.63) is 59.7 Å². The van der Waals surface area contributed by atoms with E-state index in [2.05, 4.69) is 53.2 Å². The van der Waals surface area contributed by atoms with E-state index in [1.54, 1.807) is 46.8 Å². The summed E-state index contributed by atoms with van der Waals surface area (Å²) in [4.78, 5) is 162. The van der Waals surface area contributed by atoms with Crippen LogP contribution >= 0.6 is 0 Å². The largest absolute Gasteiger partial charge is 0.508 e. The summed E-state index contributed by atoms with van der Waals surface area (Å²) in [7, 11) is 0. The third-order valence-corrected chi connectivity index (χ3v) is 15.1. The highest BCUT2D eigenvalue weighted by atomic mass is 16.4. The van der Waals surface area contributed by atoms with E-state index in [-0.39, 0.29) is 56.1 Å². The lowest BCUT2D eigenvalue weighted by atomic mass is 9.96. The van der Waals surface area contributed by atoms with Crippen molar-refractivity contribution >= 4 is 70.9 Å². The molecule has 0 unspecified atom stereocenters. The minimum Gasteiger partial charge on any atom is -0.508 e. The Kier molecular flexibility index (Phi) is 34.8. The normalized spacial score (nSPS) is 15.5. The van der Waals surface area contributed by atoms with Crippen LogP contribution < -0.4 is 76.1 Å². The van der Waals surface area contributed by atoms with Crippen LogP contribution in [0.1, 0.15) is 117 Å². The maximum Gasteiger partial charge on any atom is 0.305 e. The molecule has 31 heteroatoms. The highest BCUT2D eigenvalue weighted by Crippen LogP contribution is 2.17. The zero-order valence-electron chi connectivity index (χ0n) is 52.8. The summed E-state index contributed by atoms with van der Waals surface area (Å²) >= 11 is 0. The minimum atomic E-state index is -2.00. The number of aliphatic carboxylic acids is 1. The van der Waals surface area contributed by atoms with Gasteiger partial charge in [0.15, 0.2) is 0 Å². The number of carbonyl (C=O) groups is 12. The maximum absolute atomic E-state index is 14.4. The monoisotopic (exact) mass is 1280 g/mol. The first kappa shape index (κ1) is 78.6. The molecule has 91 heavy (non-hydrogen) atoms. The number of phenolic OH excluding ortho intramolecular Hbond substituents is 2. The van der Waals surface area contributed by atoms with E-state index >= 15 is 0 Å². The number of benzene rings is 2. The van der Waals surface area contributed by atoms with E-state index in [0.29, 0.717) is 49.8 Å². The van der Waals surface area contributed by atoms with Gasteiger partial charge < -0.3 is 102 Å². The number of carboxylic acids is 1. The Balaban J connectivity index is 2.42. The third kappa shape index (κ3) is 27.6. The predicted octanol–water partition coefficient (Wildman–Crippen LogP) is -3.97. The van der Waals surface area contributed by atoms with E-state index in [1.807, 2.05) is 6.92 Å². The van der Waals surface area contributed by atoms with Crippen LogP contribution in [-0.2, 0) is 70.4 Å². The van der Waals surface area contributed by atoms with Crippen molar-refractivity contribution in [1.29, 1.82) is 0 Å². The van der Waals surface area contributed by atoms with Crippen LogP contribution in [-0.4, -0.2) is 189 Å². The minimum absolute atomic E-state index is 0.0265. The number of amides is 11. The summed E-state index contributed by atoms with van der Waals surface area (Å²) in [6, 6.07) is -3.70. The number of nitrogens with two attached hydrogens (primary N) is 4. The van der Waals surface area contributed by atoms with Crippen LogP contribution in [0.5, 0.6) is 11.5 Å². The van der Waals surface area contributed by atoms with Crippen molar-refractivity contribution in [2.75, 3.05) is 26.2 Å². The van der Waals surface area contributed by atoms with Gasteiger partial charge in [0.1, 0.15) is 65.9 Å². The molecule has 0 aliphatic heterocycles. The average molecular weight is 1290 g/mol. The molecule has 0 saturated carbocycles. The zero-order chi connectivity index (χ0) is 68.7. The summed E-state index contributed by atoms with van der Waals surface area (Å²) in [6.07, 6.45) is -0.551. The standard InChI is InChI=1S/C60H96N14O17/c1-8-32(5)47(63)57(88)69-41(26-35-16-20-37(77)21-17-35)53(84)67-40(15-11-13-25-62)52(83)72-48(31(3)4)59(90)71-44(30-75)56(87)73-49(33(6)9-2)60(91)70-42(27-36-18-22-38(78)23-19-36)54(85)68-43(28-46(80)81)55(86)74-50(34(7)76)58(89)65-29-45(79)66-39(51(64)82)14-10-12-24-61/h16-23,31-34,39-44,47-50,75-78H,8-15,24-30,61-63H2,1-7H3,(H2,64,82)(H,65,89)(H,66,79)(H,67,84)(H,68,85)(H,69,88)(H,70,91)(H,71,90)(H,72,83)(H,73,87)(H,74,86)(H,80,81)/t32-,33-,34+,39-,40-,41-,42-,43-,44-,47-,48-,49-,50-/m0/s1. The van der Waals surface area contributed by atoms with Crippen LogP contribution in [0.25, 0.3) is 0 Å². The van der Waals surface area contributed by atoms with E-state index in [1.165, 1.54) is 36.4 Å². The Morgan fingerprint density at radius 3 is 1.33 bits per heavy atom. The second kappa shape index (κ2) is 40.3. The van der Waals surface area contributed by atoms with E-state index in [4.69, 9.17) is 22.9 Å². The van der Waals surface area contributed by atoms with Crippen LogP contribution in [0.15, 0.2) is 48.5 Å². The number of primary amides is 1. The molecule has 11 amide bonds. The van der Waals surface area contributed by atoms with Crippen LogP contribution in [0, 0.1) is 17.8 Å². The van der Waals surface area contributed by atoms with Crippen molar-refractivity contribution in [2.24, 2.45) is 40.7 Å². The quantitative estimate of drug-likeness (QED) is 0.0282. The summed E-state index contributed by atoms with van der Waals surface area (Å²) in [5.74, 6) is -14.2. The zero-order valence-corrected chi connectivity index (χ0v) is 52.8. The van der Waals surface area contributed by atoms with Gasteiger partial charge in [-0.2, -0.15) is 0 Å². The molecule has 13 atom stereocenters. The second-order valence-corrected chi connectivity index (χ2v) is 22.9. The number of unbranched alkanes of at least 4 members (excludes halogenated alkanes) is 2. The van der Waals surface area contributed by atoms with Gasteiger partial charge >= 0.3 is 5.97 Å². The van der Waals surface area contributed by atoms with Crippen LogP contribution in [0.4, 0.5) is 0 Å². The molecule has 0 radical (unpaired) electrons. The number of aliphatic hydroxyl groups is 2. The van der Waals surface area contributed by atoms with Gasteiger partial charge in [-0.1, -0.05) is 78.6 Å². The molecule has 508 valence electrons. The Morgan fingerprint density at radius 2 is 0.879 bits per heavy atom. The van der Waals surface area contributed by atoms with Crippen LogP contribution in [0.2, 0.25) is 0 Å². The molecule has 31 nitrogen and oxygen atoms in total. The lowest BCUT2D eigenvalue weighted by Gasteiger charge is -2.30. The first-order chi connectivity index (χ1) is 42.9. The SMILES string of the molecule is CC[C@H](C)[C@H](N)C(=O)N[C@@H](Cc1ccc(O)cc1)C(=O)N[C@@H](CCCCN)C(=O)N[C@H](C(=O)N[C@@H](CO)C(=O)N[C@H](C(=O)N[C@@H](Cc1ccc(O)cc1)C(=O)N[C@@H](CC(=O)O)C(=O)N[C@H](C(=O)NCC(=O)N[C@@H](CCCCN)C(N)=O)[C@@H](C)O)[C@@H](C)CC)C(C)C. The Morgan fingerprint density at radius 1 is 0.473 bits per heavy atom. The Bertz CT molecular complexity index is 2740.